The van der Waals surface area contributed by atoms with Gasteiger partial charge in [0.15, 0.2) is 0 Å². The Balaban J connectivity index is 1.86. The van der Waals surface area contributed by atoms with Gasteiger partial charge in [-0.2, -0.15) is 0 Å². The molecule has 1 N–H and O–H groups in total. The van der Waals surface area contributed by atoms with Crippen LogP contribution in [0.4, 0.5) is 0 Å². The van der Waals surface area contributed by atoms with Crippen LogP contribution in [0.1, 0.15) is 45.4 Å². The Hall–Kier alpha value is -0.120. The van der Waals surface area contributed by atoms with Crippen LogP contribution in [0.2, 0.25) is 0 Å². The number of rotatable bonds is 7. The third kappa shape index (κ3) is 3.69. The molecule has 3 heteroatoms. The molecule has 0 spiro atoms. The Morgan fingerprint density at radius 1 is 1.28 bits per heavy atom. The molecule has 3 nitrogen and oxygen atoms in total. The minimum Gasteiger partial charge on any atom is -0.377 e. The smallest absolute Gasteiger partial charge is 0.0702 e. The van der Waals surface area contributed by atoms with Crippen LogP contribution in [0.5, 0.6) is 0 Å². The molecule has 1 aliphatic heterocycles. The van der Waals surface area contributed by atoms with Crippen LogP contribution in [0, 0.1) is 5.41 Å². The van der Waals surface area contributed by atoms with Crippen molar-refractivity contribution in [3.63, 3.8) is 0 Å². The SMILES string of the molecule is CCN(CC1CCCO1)CC1(CNC)CCCC1. The fraction of sp³-hybridized carbons (Fsp3) is 1.00. The summed E-state index contributed by atoms with van der Waals surface area (Å²) in [5, 5.41) is 3.42. The molecule has 0 amide bonds. The molecule has 2 fully saturated rings. The van der Waals surface area contributed by atoms with Crippen LogP contribution in [-0.2, 0) is 4.74 Å². The molecule has 0 aromatic rings. The summed E-state index contributed by atoms with van der Waals surface area (Å²) in [4.78, 5) is 2.62. The highest BCUT2D eigenvalue weighted by atomic mass is 16.5. The highest BCUT2D eigenvalue weighted by Gasteiger charge is 2.35. The van der Waals surface area contributed by atoms with Gasteiger partial charge in [0, 0.05) is 26.2 Å². The first kappa shape index (κ1) is 14.3. The van der Waals surface area contributed by atoms with Crippen LogP contribution in [0.3, 0.4) is 0 Å². The van der Waals surface area contributed by atoms with Gasteiger partial charge in [0.25, 0.3) is 0 Å². The molecular weight excluding hydrogens is 224 g/mol. The zero-order chi connectivity index (χ0) is 12.8. The van der Waals surface area contributed by atoms with Gasteiger partial charge in [-0.25, -0.2) is 0 Å². The Kier molecular flexibility index (Phi) is 5.46. The van der Waals surface area contributed by atoms with Gasteiger partial charge >= 0.3 is 0 Å². The van der Waals surface area contributed by atoms with Gasteiger partial charge in [-0.15, -0.1) is 0 Å². The highest BCUT2D eigenvalue weighted by molar-refractivity contribution is 4.89. The van der Waals surface area contributed by atoms with Crippen molar-refractivity contribution in [2.24, 2.45) is 5.41 Å². The van der Waals surface area contributed by atoms with E-state index in [1.54, 1.807) is 0 Å². The van der Waals surface area contributed by atoms with Gasteiger partial charge in [-0.05, 0) is 44.7 Å². The molecule has 1 atom stereocenters. The lowest BCUT2D eigenvalue weighted by Gasteiger charge is -2.36. The van der Waals surface area contributed by atoms with Gasteiger partial charge in [0.2, 0.25) is 0 Å². The molecule has 0 radical (unpaired) electrons. The maximum absolute atomic E-state index is 5.79. The fourth-order valence-corrected chi connectivity index (χ4v) is 3.75. The third-order valence-electron chi connectivity index (χ3n) is 4.71. The summed E-state index contributed by atoms with van der Waals surface area (Å²) >= 11 is 0. The van der Waals surface area contributed by atoms with E-state index in [1.165, 1.54) is 51.6 Å². The molecule has 0 aromatic heterocycles. The van der Waals surface area contributed by atoms with Crippen molar-refractivity contribution in [1.82, 2.24) is 10.2 Å². The maximum Gasteiger partial charge on any atom is 0.0702 e. The van der Waals surface area contributed by atoms with Crippen molar-refractivity contribution in [1.29, 1.82) is 0 Å². The summed E-state index contributed by atoms with van der Waals surface area (Å²) in [6.45, 7) is 7.99. The number of hydrogen-bond donors (Lipinski definition) is 1. The molecular formula is C15H30N2O. The third-order valence-corrected chi connectivity index (χ3v) is 4.71. The van der Waals surface area contributed by atoms with Crippen molar-refractivity contribution in [2.45, 2.75) is 51.6 Å². The molecule has 1 saturated heterocycles. The number of nitrogens with zero attached hydrogens (tertiary/aromatic N) is 1. The summed E-state index contributed by atoms with van der Waals surface area (Å²) in [6, 6.07) is 0. The average Bonchev–Trinajstić information content (AvgIpc) is 3.01. The molecule has 106 valence electrons. The second-order valence-electron chi connectivity index (χ2n) is 6.20. The lowest BCUT2D eigenvalue weighted by molar-refractivity contribution is 0.0565. The van der Waals surface area contributed by atoms with E-state index in [2.05, 4.69) is 24.2 Å². The Morgan fingerprint density at radius 3 is 2.61 bits per heavy atom. The molecule has 2 rings (SSSR count). The summed E-state index contributed by atoms with van der Waals surface area (Å²) in [7, 11) is 2.09. The molecule has 1 aliphatic carbocycles. The van der Waals surface area contributed by atoms with Gasteiger partial charge in [0.05, 0.1) is 6.10 Å². The van der Waals surface area contributed by atoms with Gasteiger partial charge in [-0.1, -0.05) is 19.8 Å². The second-order valence-corrected chi connectivity index (χ2v) is 6.20. The lowest BCUT2D eigenvalue weighted by atomic mass is 9.85. The summed E-state index contributed by atoms with van der Waals surface area (Å²) in [5.74, 6) is 0. The zero-order valence-electron chi connectivity index (χ0n) is 12.2. The van der Waals surface area contributed by atoms with E-state index in [-0.39, 0.29) is 0 Å². The summed E-state index contributed by atoms with van der Waals surface area (Å²) in [5.41, 5.74) is 0.531. The Morgan fingerprint density at radius 2 is 2.06 bits per heavy atom. The Labute approximate surface area is 112 Å². The molecule has 0 aromatic carbocycles. The average molecular weight is 254 g/mol. The van der Waals surface area contributed by atoms with Crippen molar-refractivity contribution >= 4 is 0 Å². The van der Waals surface area contributed by atoms with E-state index in [1.807, 2.05) is 0 Å². The van der Waals surface area contributed by atoms with Gasteiger partial charge < -0.3 is 15.0 Å². The summed E-state index contributed by atoms with van der Waals surface area (Å²) < 4.78 is 5.79. The van der Waals surface area contributed by atoms with Gasteiger partial charge in [0.1, 0.15) is 0 Å². The van der Waals surface area contributed by atoms with Crippen molar-refractivity contribution in [2.75, 3.05) is 39.8 Å². The predicted octanol–water partition coefficient (Wildman–Crippen LogP) is 2.27. The first-order valence-corrected chi connectivity index (χ1v) is 7.76. The molecule has 1 saturated carbocycles. The quantitative estimate of drug-likeness (QED) is 0.754. The summed E-state index contributed by atoms with van der Waals surface area (Å²) in [6.07, 6.45) is 8.64. The van der Waals surface area contributed by atoms with Crippen LogP contribution >= 0.6 is 0 Å². The molecule has 1 unspecified atom stereocenters. The minimum absolute atomic E-state index is 0.498. The van der Waals surface area contributed by atoms with Crippen molar-refractivity contribution in [3.8, 4) is 0 Å². The number of likely N-dealkylation sites (N-methyl/N-ethyl adjacent to an activating group) is 1. The monoisotopic (exact) mass is 254 g/mol. The highest BCUT2D eigenvalue weighted by Crippen LogP contribution is 2.38. The second kappa shape index (κ2) is 6.88. The first-order chi connectivity index (χ1) is 8.78. The largest absolute Gasteiger partial charge is 0.377 e. The van der Waals surface area contributed by atoms with Crippen molar-refractivity contribution < 1.29 is 4.74 Å². The van der Waals surface area contributed by atoms with Crippen LogP contribution < -0.4 is 5.32 Å². The lowest BCUT2D eigenvalue weighted by Crippen LogP contribution is -2.44. The van der Waals surface area contributed by atoms with Crippen LogP contribution in [-0.4, -0.2) is 50.8 Å². The van der Waals surface area contributed by atoms with Crippen LogP contribution in [0.15, 0.2) is 0 Å². The Bertz CT molecular complexity index is 233. The molecule has 0 bridgehead atoms. The van der Waals surface area contributed by atoms with Crippen molar-refractivity contribution in [3.05, 3.63) is 0 Å². The van der Waals surface area contributed by atoms with E-state index in [0.29, 0.717) is 11.5 Å². The fourth-order valence-electron chi connectivity index (χ4n) is 3.75. The number of hydrogen-bond acceptors (Lipinski definition) is 3. The van der Waals surface area contributed by atoms with E-state index in [4.69, 9.17) is 4.74 Å². The van der Waals surface area contributed by atoms with Crippen LogP contribution in [0.25, 0.3) is 0 Å². The number of ether oxygens (including phenoxy) is 1. The maximum atomic E-state index is 5.79. The topological polar surface area (TPSA) is 24.5 Å². The van der Waals surface area contributed by atoms with E-state index < -0.39 is 0 Å². The van der Waals surface area contributed by atoms with E-state index >= 15 is 0 Å². The molecule has 1 heterocycles. The van der Waals surface area contributed by atoms with E-state index in [9.17, 15) is 0 Å². The standard InChI is InChI=1S/C15H30N2O/c1-3-17(11-14-7-6-10-18-14)13-15(12-16-2)8-4-5-9-15/h14,16H,3-13H2,1-2H3. The first-order valence-electron chi connectivity index (χ1n) is 7.76. The normalized spacial score (nSPS) is 27.2. The number of nitrogens with one attached hydrogen (secondary N) is 1. The minimum atomic E-state index is 0.498. The van der Waals surface area contributed by atoms with E-state index in [0.717, 1.165) is 19.7 Å². The molecule has 2 aliphatic rings. The molecule has 18 heavy (non-hydrogen) atoms. The zero-order valence-corrected chi connectivity index (χ0v) is 12.2. The van der Waals surface area contributed by atoms with Gasteiger partial charge in [-0.3, -0.25) is 0 Å². The predicted molar refractivity (Wildman–Crippen MR) is 75.9 cm³/mol.